The Labute approximate surface area is 129 Å². The third kappa shape index (κ3) is 3.17. The molecule has 0 aliphatic carbocycles. The summed E-state index contributed by atoms with van der Waals surface area (Å²) in [5.74, 6) is 0.0244. The number of anilines is 2. The van der Waals surface area contributed by atoms with Crippen LogP contribution in [0.15, 0.2) is 42.6 Å². The van der Waals surface area contributed by atoms with Crippen molar-refractivity contribution in [3.05, 3.63) is 54.0 Å². The number of pyridine rings is 1. The van der Waals surface area contributed by atoms with Gasteiger partial charge in [0.15, 0.2) is 11.6 Å². The van der Waals surface area contributed by atoms with Gasteiger partial charge in [-0.05, 0) is 49.2 Å². The minimum absolute atomic E-state index is 0.235. The smallest absolute Gasteiger partial charge is 0.165 e. The molecule has 0 radical (unpaired) electrons. The van der Waals surface area contributed by atoms with E-state index in [0.717, 1.165) is 31.6 Å². The molecule has 0 atom stereocenters. The second-order valence-corrected chi connectivity index (χ2v) is 5.40. The molecule has 1 N–H and O–H groups in total. The van der Waals surface area contributed by atoms with Crippen molar-refractivity contribution in [1.29, 1.82) is 5.26 Å². The SMILES string of the molecule is N#Cc1ccc(N2CCC(Nc3ncccc3F)CC2)cc1. The molecule has 112 valence electrons. The summed E-state index contributed by atoms with van der Waals surface area (Å²) in [4.78, 5) is 6.32. The van der Waals surface area contributed by atoms with Crippen molar-refractivity contribution < 1.29 is 4.39 Å². The average Bonchev–Trinajstić information content (AvgIpc) is 2.58. The number of benzene rings is 1. The molecule has 1 fully saturated rings. The van der Waals surface area contributed by atoms with E-state index in [9.17, 15) is 4.39 Å². The van der Waals surface area contributed by atoms with Crippen molar-refractivity contribution in [3.63, 3.8) is 0 Å². The predicted octanol–water partition coefficient (Wildman–Crippen LogP) is 3.17. The van der Waals surface area contributed by atoms with E-state index in [2.05, 4.69) is 21.3 Å². The fraction of sp³-hybridized carbons (Fsp3) is 0.294. The number of halogens is 1. The van der Waals surface area contributed by atoms with Crippen LogP contribution in [0.4, 0.5) is 15.9 Å². The predicted molar refractivity (Wildman–Crippen MR) is 84.2 cm³/mol. The lowest BCUT2D eigenvalue weighted by molar-refractivity contribution is 0.520. The highest BCUT2D eigenvalue weighted by molar-refractivity contribution is 5.50. The molecule has 0 saturated carbocycles. The molecule has 0 unspecified atom stereocenters. The molecule has 3 rings (SSSR count). The van der Waals surface area contributed by atoms with Gasteiger partial charge in [0.05, 0.1) is 11.6 Å². The summed E-state index contributed by atoms with van der Waals surface area (Å²) in [7, 11) is 0. The number of nitrogens with one attached hydrogen (secondary N) is 1. The molecule has 1 aromatic heterocycles. The Balaban J connectivity index is 1.58. The van der Waals surface area contributed by atoms with Crippen LogP contribution >= 0.6 is 0 Å². The summed E-state index contributed by atoms with van der Waals surface area (Å²) in [6, 6.07) is 13.0. The van der Waals surface area contributed by atoms with Crippen LogP contribution < -0.4 is 10.2 Å². The molecule has 1 aromatic carbocycles. The normalized spacial score (nSPS) is 15.4. The van der Waals surface area contributed by atoms with E-state index in [-0.39, 0.29) is 11.9 Å². The Bertz CT molecular complexity index is 670. The molecule has 1 aliphatic rings. The molecule has 2 heterocycles. The maximum atomic E-state index is 13.6. The van der Waals surface area contributed by atoms with Crippen molar-refractivity contribution in [2.45, 2.75) is 18.9 Å². The number of nitrogens with zero attached hydrogens (tertiary/aromatic N) is 3. The highest BCUT2D eigenvalue weighted by atomic mass is 19.1. The van der Waals surface area contributed by atoms with Crippen LogP contribution in [0.1, 0.15) is 18.4 Å². The molecule has 2 aromatic rings. The van der Waals surface area contributed by atoms with Crippen LogP contribution in [0, 0.1) is 17.1 Å². The topological polar surface area (TPSA) is 52.0 Å². The zero-order valence-electron chi connectivity index (χ0n) is 12.2. The van der Waals surface area contributed by atoms with E-state index in [4.69, 9.17) is 5.26 Å². The number of aromatic nitrogens is 1. The lowest BCUT2D eigenvalue weighted by atomic mass is 10.0. The molecular weight excluding hydrogens is 279 g/mol. The minimum Gasteiger partial charge on any atom is -0.371 e. The van der Waals surface area contributed by atoms with Crippen LogP contribution in [0.3, 0.4) is 0 Å². The second-order valence-electron chi connectivity index (χ2n) is 5.40. The fourth-order valence-corrected chi connectivity index (χ4v) is 2.71. The number of hydrogen-bond acceptors (Lipinski definition) is 4. The first-order valence-electron chi connectivity index (χ1n) is 7.38. The summed E-state index contributed by atoms with van der Waals surface area (Å²) >= 11 is 0. The molecular formula is C17H17FN4. The van der Waals surface area contributed by atoms with Gasteiger partial charge < -0.3 is 10.2 Å². The van der Waals surface area contributed by atoms with Crippen LogP contribution in [-0.4, -0.2) is 24.1 Å². The molecule has 4 nitrogen and oxygen atoms in total. The van der Waals surface area contributed by atoms with E-state index in [1.807, 2.05) is 24.3 Å². The molecule has 1 aliphatic heterocycles. The standard InChI is InChI=1S/C17H17FN4/c18-16-2-1-9-20-17(16)21-14-7-10-22(11-8-14)15-5-3-13(12-19)4-6-15/h1-6,9,14H,7-8,10-11H2,(H,20,21). The highest BCUT2D eigenvalue weighted by Crippen LogP contribution is 2.22. The van der Waals surface area contributed by atoms with Crippen LogP contribution in [0.2, 0.25) is 0 Å². The molecule has 5 heteroatoms. The highest BCUT2D eigenvalue weighted by Gasteiger charge is 2.20. The first-order chi connectivity index (χ1) is 10.8. The summed E-state index contributed by atoms with van der Waals surface area (Å²) < 4.78 is 13.6. The van der Waals surface area contributed by atoms with Gasteiger partial charge in [-0.15, -0.1) is 0 Å². The van der Waals surface area contributed by atoms with Gasteiger partial charge in [-0.2, -0.15) is 5.26 Å². The van der Waals surface area contributed by atoms with E-state index in [1.165, 1.54) is 6.07 Å². The van der Waals surface area contributed by atoms with Gasteiger partial charge in [-0.3, -0.25) is 0 Å². The Morgan fingerprint density at radius 2 is 1.91 bits per heavy atom. The van der Waals surface area contributed by atoms with Gasteiger partial charge in [-0.25, -0.2) is 9.37 Å². The third-order valence-electron chi connectivity index (χ3n) is 3.96. The van der Waals surface area contributed by atoms with Crippen LogP contribution in [0.25, 0.3) is 0 Å². The minimum atomic E-state index is -0.308. The Morgan fingerprint density at radius 1 is 1.18 bits per heavy atom. The quantitative estimate of drug-likeness (QED) is 0.945. The fourth-order valence-electron chi connectivity index (χ4n) is 2.71. The third-order valence-corrected chi connectivity index (χ3v) is 3.96. The largest absolute Gasteiger partial charge is 0.371 e. The lowest BCUT2D eigenvalue weighted by Crippen LogP contribution is -2.39. The van der Waals surface area contributed by atoms with Crippen molar-refractivity contribution in [3.8, 4) is 6.07 Å². The second kappa shape index (κ2) is 6.44. The zero-order chi connectivity index (χ0) is 15.4. The van der Waals surface area contributed by atoms with E-state index in [1.54, 1.807) is 12.3 Å². The average molecular weight is 296 g/mol. The summed E-state index contributed by atoms with van der Waals surface area (Å²) in [5, 5.41) is 12.0. The maximum Gasteiger partial charge on any atom is 0.165 e. The van der Waals surface area contributed by atoms with Gasteiger partial charge in [0.1, 0.15) is 0 Å². The molecule has 22 heavy (non-hydrogen) atoms. The zero-order valence-corrected chi connectivity index (χ0v) is 12.2. The first-order valence-corrected chi connectivity index (χ1v) is 7.38. The lowest BCUT2D eigenvalue weighted by Gasteiger charge is -2.34. The number of hydrogen-bond donors (Lipinski definition) is 1. The van der Waals surface area contributed by atoms with Crippen molar-refractivity contribution in [2.24, 2.45) is 0 Å². The monoisotopic (exact) mass is 296 g/mol. The van der Waals surface area contributed by atoms with Gasteiger partial charge in [-0.1, -0.05) is 0 Å². The summed E-state index contributed by atoms with van der Waals surface area (Å²) in [6.45, 7) is 1.80. The first kappa shape index (κ1) is 14.3. The van der Waals surface area contributed by atoms with Gasteiger partial charge in [0, 0.05) is 31.0 Å². The van der Waals surface area contributed by atoms with Crippen molar-refractivity contribution >= 4 is 11.5 Å². The Hall–Kier alpha value is -2.61. The molecule has 0 bridgehead atoms. The number of nitriles is 1. The Morgan fingerprint density at radius 3 is 2.55 bits per heavy atom. The van der Waals surface area contributed by atoms with Crippen molar-refractivity contribution in [2.75, 3.05) is 23.3 Å². The molecule has 1 saturated heterocycles. The molecule has 0 amide bonds. The van der Waals surface area contributed by atoms with Crippen LogP contribution in [0.5, 0.6) is 0 Å². The summed E-state index contributed by atoms with van der Waals surface area (Å²) in [6.07, 6.45) is 3.45. The van der Waals surface area contributed by atoms with Crippen molar-refractivity contribution in [1.82, 2.24) is 4.98 Å². The Kier molecular flexibility index (Phi) is 4.19. The number of piperidine rings is 1. The van der Waals surface area contributed by atoms with Crippen LogP contribution in [-0.2, 0) is 0 Å². The summed E-state index contributed by atoms with van der Waals surface area (Å²) in [5.41, 5.74) is 1.80. The number of rotatable bonds is 3. The van der Waals surface area contributed by atoms with Gasteiger partial charge in [0.25, 0.3) is 0 Å². The van der Waals surface area contributed by atoms with E-state index < -0.39 is 0 Å². The maximum absolute atomic E-state index is 13.6. The van der Waals surface area contributed by atoms with Gasteiger partial charge in [0.2, 0.25) is 0 Å². The van der Waals surface area contributed by atoms with E-state index in [0.29, 0.717) is 11.4 Å². The molecule has 0 spiro atoms. The van der Waals surface area contributed by atoms with E-state index >= 15 is 0 Å². The van der Waals surface area contributed by atoms with Gasteiger partial charge >= 0.3 is 0 Å².